The molecule has 0 aliphatic rings. The molecule has 0 spiro atoms. The lowest BCUT2D eigenvalue weighted by atomic mass is 10.2. The third-order valence-corrected chi connectivity index (χ3v) is 5.62. The molecular formula is C11H27NO3Si. The smallest absolute Gasteiger partial charge is 0.377 e. The Hall–Kier alpha value is 0.0569. The number of rotatable bonds is 10. The van der Waals surface area contributed by atoms with Crippen molar-refractivity contribution in [2.75, 3.05) is 14.2 Å². The molecule has 4 nitrogen and oxygen atoms in total. The molecule has 16 heavy (non-hydrogen) atoms. The van der Waals surface area contributed by atoms with Crippen LogP contribution in [-0.4, -0.2) is 29.3 Å². The summed E-state index contributed by atoms with van der Waals surface area (Å²) in [6, 6.07) is 0.821. The number of nitrogens with two attached hydrogens (primary N) is 1. The zero-order valence-electron chi connectivity index (χ0n) is 11.1. The molecule has 0 bridgehead atoms. The van der Waals surface area contributed by atoms with Gasteiger partial charge in [-0.2, -0.15) is 0 Å². The molecule has 98 valence electrons. The van der Waals surface area contributed by atoms with Crippen LogP contribution in [0.4, 0.5) is 0 Å². The van der Waals surface area contributed by atoms with E-state index in [9.17, 15) is 0 Å². The molecular weight excluding hydrogens is 222 g/mol. The Labute approximate surface area is 101 Å². The summed E-state index contributed by atoms with van der Waals surface area (Å²) < 4.78 is 16.6. The number of unbranched alkanes of at least 4 members (excludes halogenated alkanes) is 2. The highest BCUT2D eigenvalue weighted by atomic mass is 28.4. The van der Waals surface area contributed by atoms with Crippen molar-refractivity contribution in [2.45, 2.75) is 58.2 Å². The predicted molar refractivity (Wildman–Crippen MR) is 68.1 cm³/mol. The molecule has 0 rings (SSSR count). The minimum Gasteiger partial charge on any atom is -0.377 e. The Balaban J connectivity index is 4.06. The molecule has 0 saturated heterocycles. The quantitative estimate of drug-likeness (QED) is 0.367. The van der Waals surface area contributed by atoms with Crippen molar-refractivity contribution in [3.63, 3.8) is 0 Å². The van der Waals surface area contributed by atoms with E-state index >= 15 is 0 Å². The van der Waals surface area contributed by atoms with Crippen molar-refractivity contribution in [2.24, 2.45) is 5.73 Å². The van der Waals surface area contributed by atoms with Gasteiger partial charge in [-0.1, -0.05) is 33.1 Å². The van der Waals surface area contributed by atoms with Gasteiger partial charge in [0.15, 0.2) is 0 Å². The van der Waals surface area contributed by atoms with E-state index in [1.165, 1.54) is 12.8 Å². The summed E-state index contributed by atoms with van der Waals surface area (Å²) in [5, 5.41) is 0. The van der Waals surface area contributed by atoms with Crippen molar-refractivity contribution in [1.29, 1.82) is 0 Å². The molecule has 0 heterocycles. The first-order chi connectivity index (χ1) is 7.64. The molecule has 0 aliphatic heterocycles. The average Bonchev–Trinajstić information content (AvgIpc) is 2.29. The van der Waals surface area contributed by atoms with E-state index < -0.39 is 8.80 Å². The normalized spacial score (nSPS) is 14.1. The zero-order valence-corrected chi connectivity index (χ0v) is 12.1. The van der Waals surface area contributed by atoms with Gasteiger partial charge in [-0.05, 0) is 12.8 Å². The fourth-order valence-electron chi connectivity index (χ4n) is 1.63. The third kappa shape index (κ3) is 5.96. The maximum absolute atomic E-state index is 5.93. The molecule has 0 aromatic rings. The first-order valence-corrected chi connectivity index (χ1v) is 8.11. The lowest BCUT2D eigenvalue weighted by Gasteiger charge is -2.29. The van der Waals surface area contributed by atoms with E-state index in [0.29, 0.717) is 0 Å². The highest BCUT2D eigenvalue weighted by Gasteiger charge is 2.39. The van der Waals surface area contributed by atoms with E-state index in [1.807, 2.05) is 0 Å². The van der Waals surface area contributed by atoms with E-state index in [4.69, 9.17) is 19.0 Å². The Morgan fingerprint density at radius 1 is 1.06 bits per heavy atom. The van der Waals surface area contributed by atoms with Gasteiger partial charge in [0, 0.05) is 20.3 Å². The molecule has 2 N–H and O–H groups in total. The van der Waals surface area contributed by atoms with Crippen molar-refractivity contribution >= 4 is 8.80 Å². The molecule has 0 aromatic carbocycles. The molecule has 0 aromatic heterocycles. The Kier molecular flexibility index (Phi) is 9.16. The van der Waals surface area contributed by atoms with Crippen LogP contribution in [0, 0.1) is 0 Å². The molecule has 0 amide bonds. The van der Waals surface area contributed by atoms with Crippen molar-refractivity contribution in [1.82, 2.24) is 0 Å². The van der Waals surface area contributed by atoms with Crippen LogP contribution in [0.2, 0.25) is 6.04 Å². The van der Waals surface area contributed by atoms with Gasteiger partial charge in [-0.3, -0.25) is 0 Å². The zero-order chi connectivity index (χ0) is 12.4. The van der Waals surface area contributed by atoms with Crippen LogP contribution in [0.3, 0.4) is 0 Å². The standard InChI is InChI=1S/C11H27NO3Si/c1-5-7-8-9-11(12)15-16(13-3,14-4)10-6-2/h11H,5-10,12H2,1-4H3. The average molecular weight is 249 g/mol. The molecule has 1 atom stereocenters. The van der Waals surface area contributed by atoms with Crippen molar-refractivity contribution < 1.29 is 13.3 Å². The largest absolute Gasteiger partial charge is 0.501 e. The maximum atomic E-state index is 5.93. The highest BCUT2D eigenvalue weighted by Crippen LogP contribution is 2.18. The van der Waals surface area contributed by atoms with Crippen LogP contribution in [0.1, 0.15) is 46.0 Å². The second-order valence-electron chi connectivity index (χ2n) is 3.99. The monoisotopic (exact) mass is 249 g/mol. The van der Waals surface area contributed by atoms with Gasteiger partial charge >= 0.3 is 8.80 Å². The Morgan fingerprint density at radius 3 is 2.12 bits per heavy atom. The van der Waals surface area contributed by atoms with Gasteiger partial charge in [-0.15, -0.1) is 0 Å². The summed E-state index contributed by atoms with van der Waals surface area (Å²) in [7, 11) is 0.794. The van der Waals surface area contributed by atoms with Crippen molar-refractivity contribution in [3.05, 3.63) is 0 Å². The summed E-state index contributed by atoms with van der Waals surface area (Å²) >= 11 is 0. The van der Waals surface area contributed by atoms with Crippen LogP contribution < -0.4 is 5.73 Å². The molecule has 0 radical (unpaired) electrons. The van der Waals surface area contributed by atoms with Crippen LogP contribution in [0.5, 0.6) is 0 Å². The number of hydrogen-bond donors (Lipinski definition) is 1. The van der Waals surface area contributed by atoms with Gasteiger partial charge in [0.1, 0.15) is 0 Å². The molecule has 0 aliphatic carbocycles. The lowest BCUT2D eigenvalue weighted by Crippen LogP contribution is -2.48. The summed E-state index contributed by atoms with van der Waals surface area (Å²) in [5.74, 6) is 0. The fourth-order valence-corrected chi connectivity index (χ4v) is 3.71. The molecule has 5 heteroatoms. The molecule has 0 saturated carbocycles. The van der Waals surface area contributed by atoms with E-state index in [0.717, 1.165) is 25.3 Å². The SMILES string of the molecule is CCCCCC(N)O[Si](CCC)(OC)OC. The predicted octanol–water partition coefficient (Wildman–Crippen LogP) is 2.51. The van der Waals surface area contributed by atoms with Crippen LogP contribution >= 0.6 is 0 Å². The van der Waals surface area contributed by atoms with Crippen molar-refractivity contribution in [3.8, 4) is 0 Å². The summed E-state index contributed by atoms with van der Waals surface area (Å²) in [5.41, 5.74) is 5.93. The van der Waals surface area contributed by atoms with Crippen LogP contribution in [-0.2, 0) is 13.3 Å². The Bertz CT molecular complexity index is 165. The minimum atomic E-state index is -2.49. The van der Waals surface area contributed by atoms with Gasteiger partial charge in [0.25, 0.3) is 0 Å². The third-order valence-electron chi connectivity index (χ3n) is 2.60. The first kappa shape index (κ1) is 16.1. The first-order valence-electron chi connectivity index (χ1n) is 6.17. The topological polar surface area (TPSA) is 53.7 Å². The second-order valence-corrected chi connectivity index (χ2v) is 6.91. The van der Waals surface area contributed by atoms with Gasteiger partial charge in [0.2, 0.25) is 0 Å². The van der Waals surface area contributed by atoms with Crippen LogP contribution in [0.15, 0.2) is 0 Å². The van der Waals surface area contributed by atoms with E-state index in [1.54, 1.807) is 14.2 Å². The summed E-state index contributed by atoms with van der Waals surface area (Å²) in [6.07, 6.45) is 5.08. The van der Waals surface area contributed by atoms with Gasteiger partial charge < -0.3 is 19.0 Å². The fraction of sp³-hybridized carbons (Fsp3) is 1.00. The summed E-state index contributed by atoms with van der Waals surface area (Å²) in [6.45, 7) is 4.26. The summed E-state index contributed by atoms with van der Waals surface area (Å²) in [4.78, 5) is 0. The molecule has 1 unspecified atom stereocenters. The van der Waals surface area contributed by atoms with Crippen LogP contribution in [0.25, 0.3) is 0 Å². The lowest BCUT2D eigenvalue weighted by molar-refractivity contribution is 0.0527. The van der Waals surface area contributed by atoms with E-state index in [-0.39, 0.29) is 6.23 Å². The van der Waals surface area contributed by atoms with Gasteiger partial charge in [-0.25, -0.2) is 0 Å². The second kappa shape index (κ2) is 9.12. The minimum absolute atomic E-state index is 0.260. The Morgan fingerprint density at radius 2 is 1.69 bits per heavy atom. The van der Waals surface area contributed by atoms with E-state index in [2.05, 4.69) is 13.8 Å². The number of hydrogen-bond acceptors (Lipinski definition) is 4. The maximum Gasteiger partial charge on any atom is 0.501 e. The van der Waals surface area contributed by atoms with Gasteiger partial charge in [0.05, 0.1) is 6.23 Å². The molecule has 0 fully saturated rings. The highest BCUT2D eigenvalue weighted by molar-refractivity contribution is 6.60.